The van der Waals surface area contributed by atoms with Crippen molar-refractivity contribution in [2.75, 3.05) is 0 Å². The molecule has 0 radical (unpaired) electrons. The van der Waals surface area contributed by atoms with E-state index in [1.807, 2.05) is 0 Å². The predicted molar refractivity (Wildman–Crippen MR) is 48.3 cm³/mol. The van der Waals surface area contributed by atoms with E-state index >= 15 is 0 Å². The van der Waals surface area contributed by atoms with E-state index in [4.69, 9.17) is 11.6 Å². The van der Waals surface area contributed by atoms with Gasteiger partial charge in [-0.15, -0.1) is 11.6 Å². The Labute approximate surface area is 82.5 Å². The average molecular weight is 197 g/mol. The van der Waals surface area contributed by atoms with Gasteiger partial charge >= 0.3 is 0 Å². The Hall–Kier alpha value is 0.250. The minimum atomic E-state index is -0.142. The second-order valence-electron chi connectivity index (χ2n) is 6.02. The fourth-order valence-electron chi connectivity index (χ4n) is 6.50. The molecule has 1 N–H and O–H groups in total. The van der Waals surface area contributed by atoms with Crippen molar-refractivity contribution >= 4 is 11.6 Å². The lowest BCUT2D eigenvalue weighted by atomic mass is 9.71. The van der Waals surface area contributed by atoms with Gasteiger partial charge in [0.05, 0.1) is 11.0 Å². The van der Waals surface area contributed by atoms with Gasteiger partial charge in [-0.1, -0.05) is 0 Å². The molecule has 6 bridgehead atoms. The molecule has 0 spiro atoms. The molecule has 13 heavy (non-hydrogen) atoms. The van der Waals surface area contributed by atoms with Crippen molar-refractivity contribution in [3.8, 4) is 0 Å². The van der Waals surface area contributed by atoms with Gasteiger partial charge in [0.15, 0.2) is 0 Å². The summed E-state index contributed by atoms with van der Waals surface area (Å²) in [6.45, 7) is 0. The van der Waals surface area contributed by atoms with Gasteiger partial charge in [0, 0.05) is 0 Å². The molecule has 6 fully saturated rings. The molecule has 6 rings (SSSR count). The molecule has 0 aromatic carbocycles. The lowest BCUT2D eigenvalue weighted by Crippen LogP contribution is -2.41. The quantitative estimate of drug-likeness (QED) is 0.582. The summed E-state index contributed by atoms with van der Waals surface area (Å²) in [4.78, 5) is -0.141. The van der Waals surface area contributed by atoms with Gasteiger partial charge < -0.3 is 5.11 Å². The van der Waals surface area contributed by atoms with Crippen molar-refractivity contribution in [3.05, 3.63) is 0 Å². The molecule has 0 amide bonds. The molecule has 0 heterocycles. The fraction of sp³-hybridized carbons (Fsp3) is 1.00. The predicted octanol–water partition coefficient (Wildman–Crippen LogP) is 1.49. The van der Waals surface area contributed by atoms with Crippen molar-refractivity contribution in [1.82, 2.24) is 0 Å². The van der Waals surface area contributed by atoms with Crippen LogP contribution >= 0.6 is 11.6 Å². The van der Waals surface area contributed by atoms with Gasteiger partial charge in [-0.25, -0.2) is 0 Å². The largest absolute Gasteiger partial charge is 0.391 e. The smallest absolute Gasteiger partial charge is 0.0772 e. The van der Waals surface area contributed by atoms with E-state index in [1.165, 1.54) is 12.8 Å². The first-order valence-corrected chi connectivity index (χ1v) is 5.99. The van der Waals surface area contributed by atoms with Crippen LogP contribution in [0.25, 0.3) is 0 Å². The van der Waals surface area contributed by atoms with Gasteiger partial charge in [-0.05, 0) is 54.3 Å². The summed E-state index contributed by atoms with van der Waals surface area (Å²) < 4.78 is 0. The second-order valence-corrected chi connectivity index (χ2v) is 6.68. The van der Waals surface area contributed by atoms with Gasteiger partial charge in [-0.3, -0.25) is 0 Å². The zero-order valence-corrected chi connectivity index (χ0v) is 8.11. The van der Waals surface area contributed by atoms with Crippen LogP contribution in [-0.4, -0.2) is 16.1 Å². The van der Waals surface area contributed by atoms with Crippen LogP contribution in [0.15, 0.2) is 0 Å². The highest BCUT2D eigenvalue weighted by atomic mass is 35.5. The highest BCUT2D eigenvalue weighted by Gasteiger charge is 2.86. The standard InChI is InChI=1S/C11H13ClO/c12-11-6-2-4-3-1-5(9(4)11)8(7(3)6)10(11)13/h3-10,13H,1-2H2/t3-,4+,5+,6-,7-,8-,9-,10+,11+/m0/s1. The number of hydrogen-bond donors (Lipinski definition) is 1. The number of rotatable bonds is 0. The normalized spacial score (nSPS) is 85.4. The molecule has 0 aromatic rings. The molecule has 0 unspecified atom stereocenters. The third-order valence-electron chi connectivity index (χ3n) is 6.34. The minimum Gasteiger partial charge on any atom is -0.391 e. The molecule has 1 nitrogen and oxygen atoms in total. The number of halogens is 1. The summed E-state index contributed by atoms with van der Waals surface area (Å²) in [5.74, 6) is 5.61. The summed E-state index contributed by atoms with van der Waals surface area (Å²) >= 11 is 6.71. The maximum atomic E-state index is 10.2. The summed E-state index contributed by atoms with van der Waals surface area (Å²) in [6, 6.07) is 0. The van der Waals surface area contributed by atoms with Crippen molar-refractivity contribution in [2.24, 2.45) is 41.4 Å². The van der Waals surface area contributed by atoms with Crippen molar-refractivity contribution < 1.29 is 5.11 Å². The van der Waals surface area contributed by atoms with Gasteiger partial charge in [-0.2, -0.15) is 0 Å². The van der Waals surface area contributed by atoms with E-state index in [9.17, 15) is 5.11 Å². The van der Waals surface area contributed by atoms with Gasteiger partial charge in [0.2, 0.25) is 0 Å². The first-order valence-electron chi connectivity index (χ1n) is 5.61. The summed E-state index contributed by atoms with van der Waals surface area (Å²) in [5.41, 5.74) is 0. The Morgan fingerprint density at radius 1 is 1.08 bits per heavy atom. The number of aliphatic hydroxyl groups is 1. The van der Waals surface area contributed by atoms with Crippen LogP contribution in [0.1, 0.15) is 12.8 Å². The van der Waals surface area contributed by atoms with Crippen LogP contribution in [0.5, 0.6) is 0 Å². The third kappa shape index (κ3) is 0.379. The lowest BCUT2D eigenvalue weighted by molar-refractivity contribution is 0.121. The fourth-order valence-corrected chi connectivity index (χ4v) is 7.21. The molecule has 6 saturated carbocycles. The van der Waals surface area contributed by atoms with Crippen LogP contribution in [0.4, 0.5) is 0 Å². The molecular weight excluding hydrogens is 184 g/mol. The number of aliphatic hydroxyl groups excluding tert-OH is 1. The first-order chi connectivity index (χ1) is 6.24. The summed E-state index contributed by atoms with van der Waals surface area (Å²) in [7, 11) is 0. The zero-order valence-electron chi connectivity index (χ0n) is 7.36. The lowest BCUT2D eigenvalue weighted by Gasteiger charge is -2.38. The third-order valence-corrected chi connectivity index (χ3v) is 7.09. The maximum absolute atomic E-state index is 10.2. The van der Waals surface area contributed by atoms with Crippen LogP contribution in [0.2, 0.25) is 0 Å². The second kappa shape index (κ2) is 1.49. The minimum absolute atomic E-state index is 0.141. The Morgan fingerprint density at radius 3 is 2.69 bits per heavy atom. The number of alkyl halides is 1. The van der Waals surface area contributed by atoms with E-state index in [1.54, 1.807) is 0 Å². The maximum Gasteiger partial charge on any atom is 0.0772 e. The number of hydrogen-bond acceptors (Lipinski definition) is 1. The Bertz CT molecular complexity index is 326. The summed E-state index contributed by atoms with van der Waals surface area (Å²) in [6.07, 6.45) is 2.62. The highest BCUT2D eigenvalue weighted by Crippen LogP contribution is 2.85. The molecule has 70 valence electrons. The molecule has 6 aliphatic carbocycles. The van der Waals surface area contributed by atoms with E-state index in [0.717, 1.165) is 23.7 Å². The molecular formula is C11H13ClO. The van der Waals surface area contributed by atoms with E-state index < -0.39 is 0 Å². The van der Waals surface area contributed by atoms with Crippen LogP contribution in [0.3, 0.4) is 0 Å². The Balaban J connectivity index is 1.90. The Morgan fingerprint density at radius 2 is 1.92 bits per heavy atom. The van der Waals surface area contributed by atoms with Crippen molar-refractivity contribution in [2.45, 2.75) is 23.8 Å². The summed E-state index contributed by atoms with van der Waals surface area (Å²) in [5, 5.41) is 10.2. The molecule has 0 aromatic heterocycles. The van der Waals surface area contributed by atoms with E-state index in [2.05, 4.69) is 0 Å². The van der Waals surface area contributed by atoms with Crippen molar-refractivity contribution in [3.63, 3.8) is 0 Å². The van der Waals surface area contributed by atoms with E-state index in [-0.39, 0.29) is 11.0 Å². The Kier molecular flexibility index (Phi) is 0.766. The van der Waals surface area contributed by atoms with Crippen LogP contribution in [-0.2, 0) is 0 Å². The molecule has 9 atom stereocenters. The SMILES string of the molecule is O[C@@H]1[C@H]2[C@H]3C[C@H]4[C@H]5C[C@@H]([C@H]42)[C@@]1(Cl)[C@@H]53. The molecule has 0 aliphatic heterocycles. The first kappa shape index (κ1) is 6.68. The molecule has 0 saturated heterocycles. The average Bonchev–Trinajstić information content (AvgIpc) is 2.73. The van der Waals surface area contributed by atoms with Crippen molar-refractivity contribution in [1.29, 1.82) is 0 Å². The van der Waals surface area contributed by atoms with Gasteiger partial charge in [0.1, 0.15) is 0 Å². The van der Waals surface area contributed by atoms with E-state index in [0.29, 0.717) is 17.8 Å². The molecule has 2 heteroatoms. The molecule has 6 aliphatic rings. The highest BCUT2D eigenvalue weighted by molar-refractivity contribution is 6.26. The monoisotopic (exact) mass is 196 g/mol. The zero-order chi connectivity index (χ0) is 8.53. The van der Waals surface area contributed by atoms with Crippen LogP contribution < -0.4 is 0 Å². The van der Waals surface area contributed by atoms with Gasteiger partial charge in [0.25, 0.3) is 0 Å². The van der Waals surface area contributed by atoms with Crippen LogP contribution in [0, 0.1) is 41.4 Å². The topological polar surface area (TPSA) is 20.2 Å².